The van der Waals surface area contributed by atoms with Gasteiger partial charge in [0.2, 0.25) is 0 Å². The summed E-state index contributed by atoms with van der Waals surface area (Å²) >= 11 is 6.08. The summed E-state index contributed by atoms with van der Waals surface area (Å²) in [5.74, 6) is 0. The van der Waals surface area contributed by atoms with E-state index in [2.05, 4.69) is 24.0 Å². The topological polar surface area (TPSA) is 12.9 Å². The van der Waals surface area contributed by atoms with Gasteiger partial charge in [-0.05, 0) is 30.4 Å². The van der Waals surface area contributed by atoms with Crippen molar-refractivity contribution in [3.8, 4) is 0 Å². The number of halogens is 1. The molecule has 0 amide bonds. The lowest BCUT2D eigenvalue weighted by atomic mass is 10.0. The molecule has 2 heteroatoms. The predicted octanol–water partition coefficient (Wildman–Crippen LogP) is 3.76. The van der Waals surface area contributed by atoms with Crippen LogP contribution >= 0.6 is 11.6 Å². The predicted molar refractivity (Wildman–Crippen MR) is 60.9 cm³/mol. The Kier molecular flexibility index (Phi) is 2.42. The van der Waals surface area contributed by atoms with Crippen molar-refractivity contribution in [2.45, 2.75) is 20.3 Å². The van der Waals surface area contributed by atoms with Crippen molar-refractivity contribution in [2.24, 2.45) is 0 Å². The zero-order valence-electron chi connectivity index (χ0n) is 8.34. The van der Waals surface area contributed by atoms with Gasteiger partial charge in [-0.15, -0.1) is 0 Å². The molecular weight excluding hydrogens is 194 g/mol. The lowest BCUT2D eigenvalue weighted by Crippen LogP contribution is -1.88. The molecule has 0 spiro atoms. The highest BCUT2D eigenvalue weighted by atomic mass is 35.5. The van der Waals surface area contributed by atoms with Gasteiger partial charge in [0.15, 0.2) is 0 Å². The Labute approximate surface area is 88.7 Å². The number of benzene rings is 1. The fourth-order valence-electron chi connectivity index (χ4n) is 1.73. The Morgan fingerprint density at radius 1 is 1.29 bits per heavy atom. The third-order valence-electron chi connectivity index (χ3n) is 2.43. The van der Waals surface area contributed by atoms with E-state index in [0.29, 0.717) is 5.15 Å². The normalized spacial score (nSPS) is 10.8. The lowest BCUT2D eigenvalue weighted by Gasteiger charge is -2.06. The lowest BCUT2D eigenvalue weighted by molar-refractivity contribution is 1.15. The van der Waals surface area contributed by atoms with Gasteiger partial charge in [-0.1, -0.05) is 36.7 Å². The minimum absolute atomic E-state index is 0.607. The van der Waals surface area contributed by atoms with Gasteiger partial charge in [0.1, 0.15) is 5.15 Å². The number of nitrogens with zero attached hydrogens (tertiary/aromatic N) is 1. The summed E-state index contributed by atoms with van der Waals surface area (Å²) in [5.41, 5.74) is 2.30. The highest BCUT2D eigenvalue weighted by Gasteiger charge is 2.04. The van der Waals surface area contributed by atoms with Crippen molar-refractivity contribution in [1.29, 1.82) is 0 Å². The van der Waals surface area contributed by atoms with Crippen LogP contribution in [0, 0.1) is 6.92 Å². The number of aryl methyl sites for hydroxylation is 2. The molecule has 72 valence electrons. The minimum atomic E-state index is 0.607. The summed E-state index contributed by atoms with van der Waals surface area (Å²) in [7, 11) is 0. The summed E-state index contributed by atoms with van der Waals surface area (Å²) in [5, 5.41) is 2.89. The van der Waals surface area contributed by atoms with Crippen molar-refractivity contribution in [1.82, 2.24) is 4.98 Å². The van der Waals surface area contributed by atoms with E-state index in [1.165, 1.54) is 10.9 Å². The molecule has 0 saturated carbocycles. The first kappa shape index (κ1) is 9.47. The Morgan fingerprint density at radius 3 is 2.79 bits per heavy atom. The maximum atomic E-state index is 6.08. The van der Waals surface area contributed by atoms with Gasteiger partial charge >= 0.3 is 0 Å². The molecule has 0 aliphatic carbocycles. The van der Waals surface area contributed by atoms with Gasteiger partial charge in [-0.2, -0.15) is 0 Å². The van der Waals surface area contributed by atoms with Crippen LogP contribution in [0.2, 0.25) is 5.15 Å². The SMILES string of the molecule is CCc1cccc2c(Cl)nc(C)cc12. The number of fused-ring (bicyclic) bond motifs is 1. The van der Waals surface area contributed by atoms with E-state index in [9.17, 15) is 0 Å². The van der Waals surface area contributed by atoms with Gasteiger partial charge in [0, 0.05) is 11.1 Å². The summed E-state index contributed by atoms with van der Waals surface area (Å²) in [6, 6.07) is 8.28. The molecule has 0 bridgehead atoms. The maximum absolute atomic E-state index is 6.08. The molecule has 0 fully saturated rings. The van der Waals surface area contributed by atoms with Gasteiger partial charge in [0.25, 0.3) is 0 Å². The molecular formula is C12H12ClN. The largest absolute Gasteiger partial charge is 0.241 e. The monoisotopic (exact) mass is 205 g/mol. The van der Waals surface area contributed by atoms with Crippen molar-refractivity contribution in [3.05, 3.63) is 40.7 Å². The number of pyridine rings is 1. The van der Waals surface area contributed by atoms with Crippen molar-refractivity contribution < 1.29 is 0 Å². The van der Waals surface area contributed by atoms with E-state index >= 15 is 0 Å². The summed E-state index contributed by atoms with van der Waals surface area (Å²) in [6.45, 7) is 4.12. The average Bonchev–Trinajstić information content (AvgIpc) is 2.17. The van der Waals surface area contributed by atoms with Crippen LogP contribution in [-0.2, 0) is 6.42 Å². The van der Waals surface area contributed by atoms with Crippen molar-refractivity contribution in [3.63, 3.8) is 0 Å². The molecule has 0 N–H and O–H groups in total. The Hall–Kier alpha value is -1.08. The average molecular weight is 206 g/mol. The third kappa shape index (κ3) is 1.48. The van der Waals surface area contributed by atoms with Gasteiger partial charge < -0.3 is 0 Å². The summed E-state index contributed by atoms with van der Waals surface area (Å²) in [4.78, 5) is 4.24. The molecule has 0 aliphatic rings. The van der Waals surface area contributed by atoms with E-state index in [-0.39, 0.29) is 0 Å². The van der Waals surface area contributed by atoms with Crippen molar-refractivity contribution in [2.75, 3.05) is 0 Å². The van der Waals surface area contributed by atoms with Crippen LogP contribution in [0.4, 0.5) is 0 Å². The maximum Gasteiger partial charge on any atom is 0.137 e. The number of aromatic nitrogens is 1. The zero-order chi connectivity index (χ0) is 10.1. The van der Waals surface area contributed by atoms with Crippen LogP contribution in [0.15, 0.2) is 24.3 Å². The second-order valence-electron chi connectivity index (χ2n) is 3.42. The molecule has 0 aliphatic heterocycles. The first-order chi connectivity index (χ1) is 6.72. The Balaban J connectivity index is 2.86. The summed E-state index contributed by atoms with van der Waals surface area (Å²) in [6.07, 6.45) is 1.02. The fourth-order valence-corrected chi connectivity index (χ4v) is 2.03. The molecule has 1 aromatic heterocycles. The van der Waals surface area contributed by atoms with Crippen LogP contribution in [0.5, 0.6) is 0 Å². The Bertz CT molecular complexity index is 477. The molecule has 1 heterocycles. The molecule has 14 heavy (non-hydrogen) atoms. The molecule has 0 unspecified atom stereocenters. The molecule has 0 atom stereocenters. The smallest absolute Gasteiger partial charge is 0.137 e. The van der Waals surface area contributed by atoms with Crippen LogP contribution in [0.25, 0.3) is 10.8 Å². The van der Waals surface area contributed by atoms with Gasteiger partial charge in [-0.3, -0.25) is 0 Å². The van der Waals surface area contributed by atoms with Crippen LogP contribution in [0.1, 0.15) is 18.2 Å². The van der Waals surface area contributed by atoms with Gasteiger partial charge in [0.05, 0.1) is 0 Å². The second-order valence-corrected chi connectivity index (χ2v) is 3.78. The molecule has 2 rings (SSSR count). The first-order valence-electron chi connectivity index (χ1n) is 4.77. The van der Waals surface area contributed by atoms with Crippen LogP contribution in [-0.4, -0.2) is 4.98 Å². The Morgan fingerprint density at radius 2 is 2.07 bits per heavy atom. The second kappa shape index (κ2) is 3.58. The number of rotatable bonds is 1. The van der Waals surface area contributed by atoms with E-state index in [1.54, 1.807) is 0 Å². The molecule has 2 aromatic rings. The van der Waals surface area contributed by atoms with E-state index in [4.69, 9.17) is 11.6 Å². The highest BCUT2D eigenvalue weighted by Crippen LogP contribution is 2.25. The van der Waals surface area contributed by atoms with E-state index < -0.39 is 0 Å². The minimum Gasteiger partial charge on any atom is -0.241 e. The quantitative estimate of drug-likeness (QED) is 0.646. The molecule has 1 nitrogen and oxygen atoms in total. The van der Waals surface area contributed by atoms with Gasteiger partial charge in [-0.25, -0.2) is 4.98 Å². The third-order valence-corrected chi connectivity index (χ3v) is 2.72. The molecule has 0 radical (unpaired) electrons. The zero-order valence-corrected chi connectivity index (χ0v) is 9.10. The molecule has 1 aromatic carbocycles. The number of hydrogen-bond donors (Lipinski definition) is 0. The van der Waals surface area contributed by atoms with E-state index in [0.717, 1.165) is 17.5 Å². The van der Waals surface area contributed by atoms with Crippen LogP contribution in [0.3, 0.4) is 0 Å². The van der Waals surface area contributed by atoms with E-state index in [1.807, 2.05) is 19.1 Å². The summed E-state index contributed by atoms with van der Waals surface area (Å²) < 4.78 is 0. The number of hydrogen-bond acceptors (Lipinski definition) is 1. The standard InChI is InChI=1S/C12H12ClN/c1-3-9-5-4-6-10-11(9)7-8(2)14-12(10)13/h4-7H,3H2,1-2H3. The molecule has 0 saturated heterocycles. The fraction of sp³-hybridized carbons (Fsp3) is 0.250. The van der Waals surface area contributed by atoms with Crippen molar-refractivity contribution >= 4 is 22.4 Å². The first-order valence-corrected chi connectivity index (χ1v) is 5.15. The van der Waals surface area contributed by atoms with Crippen LogP contribution < -0.4 is 0 Å². The highest BCUT2D eigenvalue weighted by molar-refractivity contribution is 6.34.